The molecule has 2 aliphatic rings. The van der Waals surface area contributed by atoms with Crippen LogP contribution in [0.1, 0.15) is 24.0 Å². The van der Waals surface area contributed by atoms with Crippen LogP contribution in [0.3, 0.4) is 0 Å². The van der Waals surface area contributed by atoms with Crippen molar-refractivity contribution >= 4 is 18.2 Å². The Morgan fingerprint density at radius 1 is 1.04 bits per heavy atom. The van der Waals surface area contributed by atoms with Crippen LogP contribution in [0.5, 0.6) is 0 Å². The molecule has 0 aliphatic carbocycles. The minimum atomic E-state index is -0.262. The number of rotatable bonds is 3. The molecule has 0 N–H and O–H groups in total. The highest BCUT2D eigenvalue weighted by atomic mass is 16.6. The molecule has 2 aromatic rings. The molecule has 4 rings (SSSR count). The summed E-state index contributed by atoms with van der Waals surface area (Å²) in [5.41, 5.74) is 3.17. The summed E-state index contributed by atoms with van der Waals surface area (Å²) in [6.45, 7) is 2.29. The zero-order valence-electron chi connectivity index (χ0n) is 14.6. The topological polar surface area (TPSA) is 49.9 Å². The number of amides is 2. The summed E-state index contributed by atoms with van der Waals surface area (Å²) in [6.07, 6.45) is 2.33. The third-order valence-electron chi connectivity index (χ3n) is 5.57. The smallest absolute Gasteiger partial charge is 0.410 e. The van der Waals surface area contributed by atoms with Crippen molar-refractivity contribution in [2.45, 2.75) is 24.9 Å². The summed E-state index contributed by atoms with van der Waals surface area (Å²) in [5.74, 6) is 0. The minimum Gasteiger partial charge on any atom is -0.445 e. The average Bonchev–Trinajstić information content (AvgIpc) is 3.01. The van der Waals surface area contributed by atoms with Crippen LogP contribution in [0.4, 0.5) is 10.5 Å². The molecule has 1 spiro atoms. The summed E-state index contributed by atoms with van der Waals surface area (Å²) in [6, 6.07) is 17.8. The Balaban J connectivity index is 1.40. The molecule has 2 aromatic carbocycles. The Labute approximate surface area is 153 Å². The predicted octanol–water partition coefficient (Wildman–Crippen LogP) is 3.33. The van der Waals surface area contributed by atoms with Crippen LogP contribution in [0, 0.1) is 0 Å². The number of anilines is 1. The zero-order valence-corrected chi connectivity index (χ0v) is 14.6. The van der Waals surface area contributed by atoms with Gasteiger partial charge in [-0.05, 0) is 30.0 Å². The Bertz CT molecular complexity index is 798. The van der Waals surface area contributed by atoms with Crippen molar-refractivity contribution in [1.29, 1.82) is 0 Å². The third kappa shape index (κ3) is 2.94. The van der Waals surface area contributed by atoms with Gasteiger partial charge in [0.15, 0.2) is 0 Å². The molecular formula is C21H22N2O3. The van der Waals surface area contributed by atoms with E-state index >= 15 is 0 Å². The number of carbonyl (C=O) groups excluding carboxylic acids is 2. The summed E-state index contributed by atoms with van der Waals surface area (Å²) in [7, 11) is 0. The largest absolute Gasteiger partial charge is 0.445 e. The van der Waals surface area contributed by atoms with Gasteiger partial charge in [-0.1, -0.05) is 48.5 Å². The Hall–Kier alpha value is -2.82. The summed E-state index contributed by atoms with van der Waals surface area (Å²) in [4.78, 5) is 27.4. The number of likely N-dealkylation sites (tertiary alicyclic amines) is 1. The fraction of sp³-hybridized carbons (Fsp3) is 0.333. The number of benzene rings is 2. The van der Waals surface area contributed by atoms with E-state index in [0.717, 1.165) is 30.5 Å². The first kappa shape index (κ1) is 16.6. The normalized spacial score (nSPS) is 17.8. The number of piperidine rings is 1. The number of para-hydroxylation sites is 1. The molecule has 2 heterocycles. The first-order valence-corrected chi connectivity index (χ1v) is 8.99. The molecule has 0 unspecified atom stereocenters. The van der Waals surface area contributed by atoms with Gasteiger partial charge in [0, 0.05) is 30.7 Å². The first-order chi connectivity index (χ1) is 12.7. The monoisotopic (exact) mass is 350 g/mol. The lowest BCUT2D eigenvalue weighted by Gasteiger charge is -2.39. The predicted molar refractivity (Wildman–Crippen MR) is 99.0 cm³/mol. The van der Waals surface area contributed by atoms with E-state index in [9.17, 15) is 9.59 Å². The maximum Gasteiger partial charge on any atom is 0.410 e. The van der Waals surface area contributed by atoms with E-state index in [0.29, 0.717) is 26.2 Å². The van der Waals surface area contributed by atoms with Crippen molar-refractivity contribution in [3.63, 3.8) is 0 Å². The SMILES string of the molecule is O=CN1CC2(CCN(C(=O)OCc3ccccc3)CC2)c2ccccc21. The quantitative estimate of drug-likeness (QED) is 0.798. The second-order valence-electron chi connectivity index (χ2n) is 7.06. The van der Waals surface area contributed by atoms with Crippen LogP contribution < -0.4 is 4.90 Å². The van der Waals surface area contributed by atoms with Crippen molar-refractivity contribution in [3.05, 3.63) is 65.7 Å². The summed E-state index contributed by atoms with van der Waals surface area (Å²) < 4.78 is 5.45. The highest BCUT2D eigenvalue weighted by Gasteiger charge is 2.45. The molecule has 26 heavy (non-hydrogen) atoms. The summed E-state index contributed by atoms with van der Waals surface area (Å²) in [5, 5.41) is 0. The molecule has 1 fully saturated rings. The van der Waals surface area contributed by atoms with Gasteiger partial charge in [-0.3, -0.25) is 4.79 Å². The van der Waals surface area contributed by atoms with Gasteiger partial charge in [0.05, 0.1) is 0 Å². The van der Waals surface area contributed by atoms with Gasteiger partial charge in [-0.2, -0.15) is 0 Å². The van der Waals surface area contributed by atoms with Gasteiger partial charge in [0.2, 0.25) is 6.41 Å². The first-order valence-electron chi connectivity index (χ1n) is 8.99. The van der Waals surface area contributed by atoms with E-state index in [1.54, 1.807) is 9.80 Å². The highest BCUT2D eigenvalue weighted by Crippen LogP contribution is 2.46. The Kier molecular flexibility index (Phi) is 4.37. The van der Waals surface area contributed by atoms with E-state index in [4.69, 9.17) is 4.74 Å². The second kappa shape index (κ2) is 6.83. The van der Waals surface area contributed by atoms with Gasteiger partial charge in [-0.25, -0.2) is 4.79 Å². The molecule has 134 valence electrons. The van der Waals surface area contributed by atoms with E-state index in [1.807, 2.05) is 48.5 Å². The van der Waals surface area contributed by atoms with Gasteiger partial charge in [0.25, 0.3) is 0 Å². The van der Waals surface area contributed by atoms with Crippen molar-refractivity contribution < 1.29 is 14.3 Å². The maximum absolute atomic E-state index is 12.4. The van der Waals surface area contributed by atoms with Crippen LogP contribution >= 0.6 is 0 Å². The van der Waals surface area contributed by atoms with Crippen LogP contribution in [-0.2, 0) is 21.6 Å². The lowest BCUT2D eigenvalue weighted by Crippen LogP contribution is -2.47. The molecule has 5 nitrogen and oxygen atoms in total. The van der Waals surface area contributed by atoms with Gasteiger partial charge in [0.1, 0.15) is 6.61 Å². The van der Waals surface area contributed by atoms with E-state index in [-0.39, 0.29) is 11.5 Å². The molecule has 0 aromatic heterocycles. The van der Waals surface area contributed by atoms with Crippen molar-refractivity contribution in [2.75, 3.05) is 24.5 Å². The van der Waals surface area contributed by atoms with E-state index in [2.05, 4.69) is 6.07 Å². The van der Waals surface area contributed by atoms with Gasteiger partial charge < -0.3 is 14.5 Å². The summed E-state index contributed by atoms with van der Waals surface area (Å²) >= 11 is 0. The lowest BCUT2D eigenvalue weighted by molar-refractivity contribution is -0.107. The van der Waals surface area contributed by atoms with Crippen molar-refractivity contribution in [1.82, 2.24) is 4.90 Å². The van der Waals surface area contributed by atoms with E-state index in [1.165, 1.54) is 5.56 Å². The maximum atomic E-state index is 12.4. The minimum absolute atomic E-state index is 0.0479. The molecule has 2 amide bonds. The Morgan fingerprint density at radius 3 is 2.46 bits per heavy atom. The number of nitrogens with zero attached hydrogens (tertiary/aromatic N) is 2. The number of hydrogen-bond donors (Lipinski definition) is 0. The second-order valence-corrected chi connectivity index (χ2v) is 7.06. The third-order valence-corrected chi connectivity index (χ3v) is 5.57. The highest BCUT2D eigenvalue weighted by molar-refractivity contribution is 5.81. The zero-order chi connectivity index (χ0) is 18.0. The van der Waals surface area contributed by atoms with Gasteiger partial charge in [-0.15, -0.1) is 0 Å². The molecule has 2 aliphatic heterocycles. The molecule has 1 saturated heterocycles. The van der Waals surface area contributed by atoms with Crippen LogP contribution in [0.15, 0.2) is 54.6 Å². The molecule has 0 bridgehead atoms. The number of ether oxygens (including phenoxy) is 1. The number of carbonyl (C=O) groups is 2. The van der Waals surface area contributed by atoms with Crippen LogP contribution in [0.2, 0.25) is 0 Å². The Morgan fingerprint density at radius 2 is 1.73 bits per heavy atom. The molecule has 0 saturated carbocycles. The molecule has 5 heteroatoms. The van der Waals surface area contributed by atoms with E-state index < -0.39 is 0 Å². The van der Waals surface area contributed by atoms with Crippen molar-refractivity contribution in [3.8, 4) is 0 Å². The number of hydrogen-bond acceptors (Lipinski definition) is 3. The fourth-order valence-electron chi connectivity index (χ4n) is 4.12. The van der Waals surface area contributed by atoms with Crippen LogP contribution in [-0.4, -0.2) is 37.0 Å². The lowest BCUT2D eigenvalue weighted by atomic mass is 9.74. The fourth-order valence-corrected chi connectivity index (χ4v) is 4.12. The molecule has 0 atom stereocenters. The van der Waals surface area contributed by atoms with Crippen molar-refractivity contribution in [2.24, 2.45) is 0 Å². The number of fused-ring (bicyclic) bond motifs is 2. The van der Waals surface area contributed by atoms with Crippen LogP contribution in [0.25, 0.3) is 0 Å². The molecule has 0 radical (unpaired) electrons. The molecular weight excluding hydrogens is 328 g/mol. The van der Waals surface area contributed by atoms with Gasteiger partial charge >= 0.3 is 6.09 Å². The average molecular weight is 350 g/mol. The standard InChI is InChI=1S/C21H22N2O3/c24-16-23-15-21(18-8-4-5-9-19(18)23)10-12-22(13-11-21)20(25)26-14-17-6-2-1-3-7-17/h1-9,16H,10-15H2.